The van der Waals surface area contributed by atoms with Crippen LogP contribution >= 0.6 is 0 Å². The SMILES string of the molecule is Cc1ccc2c(=O)cc(S(=O)(=O)C3=CCCC=C3)n(-c3ccccc3)c2n1. The highest BCUT2D eigenvalue weighted by Gasteiger charge is 2.26. The lowest BCUT2D eigenvalue weighted by Gasteiger charge is -2.18. The summed E-state index contributed by atoms with van der Waals surface area (Å²) in [7, 11) is -3.87. The first-order valence-electron chi connectivity index (χ1n) is 8.69. The van der Waals surface area contributed by atoms with Gasteiger partial charge in [-0.25, -0.2) is 13.4 Å². The largest absolute Gasteiger partial charge is 0.289 e. The molecule has 0 spiro atoms. The van der Waals surface area contributed by atoms with E-state index in [0.29, 0.717) is 28.8 Å². The van der Waals surface area contributed by atoms with E-state index in [0.717, 1.165) is 6.42 Å². The van der Waals surface area contributed by atoms with Crippen LogP contribution in [0, 0.1) is 6.92 Å². The minimum atomic E-state index is -3.87. The van der Waals surface area contributed by atoms with Crippen LogP contribution in [0.5, 0.6) is 0 Å². The van der Waals surface area contributed by atoms with Crippen molar-refractivity contribution in [3.8, 4) is 5.69 Å². The lowest BCUT2D eigenvalue weighted by atomic mass is 10.2. The maximum Gasteiger partial charge on any atom is 0.222 e. The van der Waals surface area contributed by atoms with Crippen molar-refractivity contribution in [1.82, 2.24) is 9.55 Å². The summed E-state index contributed by atoms with van der Waals surface area (Å²) in [5.74, 6) is 0. The zero-order valence-electron chi connectivity index (χ0n) is 14.8. The van der Waals surface area contributed by atoms with Gasteiger partial charge >= 0.3 is 0 Å². The number of aryl methyl sites for hydroxylation is 1. The molecule has 2 aromatic heterocycles. The third-order valence-corrected chi connectivity index (χ3v) is 6.30. The van der Waals surface area contributed by atoms with Gasteiger partial charge in [0.2, 0.25) is 9.84 Å². The van der Waals surface area contributed by atoms with Crippen molar-refractivity contribution in [3.63, 3.8) is 0 Å². The molecule has 0 amide bonds. The molecule has 0 N–H and O–H groups in total. The highest BCUT2D eigenvalue weighted by Crippen LogP contribution is 2.28. The zero-order valence-corrected chi connectivity index (χ0v) is 15.6. The van der Waals surface area contributed by atoms with Crippen molar-refractivity contribution in [2.75, 3.05) is 0 Å². The maximum absolute atomic E-state index is 13.4. The van der Waals surface area contributed by atoms with Gasteiger partial charge < -0.3 is 0 Å². The van der Waals surface area contributed by atoms with Crippen molar-refractivity contribution in [2.45, 2.75) is 24.8 Å². The predicted molar refractivity (Wildman–Crippen MR) is 106 cm³/mol. The lowest BCUT2D eigenvalue weighted by molar-refractivity contribution is 0.595. The number of nitrogens with zero attached hydrogens (tertiary/aromatic N) is 2. The Morgan fingerprint density at radius 2 is 1.81 bits per heavy atom. The van der Waals surface area contributed by atoms with Crippen LogP contribution in [-0.4, -0.2) is 18.0 Å². The molecule has 1 aliphatic carbocycles. The number of para-hydroxylation sites is 1. The minimum absolute atomic E-state index is 0.0675. The summed E-state index contributed by atoms with van der Waals surface area (Å²) in [6, 6.07) is 13.8. The topological polar surface area (TPSA) is 69.0 Å². The van der Waals surface area contributed by atoms with E-state index in [1.807, 2.05) is 31.2 Å². The molecule has 0 aliphatic heterocycles. The average molecular weight is 378 g/mol. The molecule has 3 aromatic rings. The quantitative estimate of drug-likeness (QED) is 0.697. The summed E-state index contributed by atoms with van der Waals surface area (Å²) in [5.41, 5.74) is 1.33. The molecule has 0 atom stereocenters. The van der Waals surface area contributed by atoms with Gasteiger partial charge in [-0.3, -0.25) is 9.36 Å². The van der Waals surface area contributed by atoms with Crippen molar-refractivity contribution in [1.29, 1.82) is 0 Å². The molecule has 0 saturated heterocycles. The normalized spacial score (nSPS) is 14.3. The van der Waals surface area contributed by atoms with Gasteiger partial charge in [-0.1, -0.05) is 30.4 Å². The van der Waals surface area contributed by atoms with E-state index >= 15 is 0 Å². The van der Waals surface area contributed by atoms with Crippen molar-refractivity contribution >= 4 is 20.9 Å². The monoisotopic (exact) mass is 378 g/mol. The second kappa shape index (κ2) is 6.63. The first kappa shape index (κ1) is 17.4. The standard InChI is InChI=1S/C21H18N2O3S/c1-15-12-13-18-19(24)14-20(27(25,26)17-10-6-3-7-11-17)23(21(18)22-15)16-8-4-2-5-9-16/h2,4-6,8-14H,3,7H2,1H3. The van der Waals surface area contributed by atoms with Crippen molar-refractivity contribution in [3.05, 3.63) is 87.6 Å². The second-order valence-corrected chi connectivity index (χ2v) is 8.33. The Morgan fingerprint density at radius 3 is 2.52 bits per heavy atom. The number of aromatic nitrogens is 2. The van der Waals surface area contributed by atoms with E-state index < -0.39 is 9.84 Å². The molecular formula is C21H18N2O3S. The lowest BCUT2D eigenvalue weighted by Crippen LogP contribution is -2.19. The second-order valence-electron chi connectivity index (χ2n) is 6.43. The van der Waals surface area contributed by atoms with E-state index in [1.165, 1.54) is 6.07 Å². The van der Waals surface area contributed by atoms with Crippen LogP contribution in [0.25, 0.3) is 16.7 Å². The van der Waals surface area contributed by atoms with Gasteiger partial charge in [0.1, 0.15) is 10.7 Å². The molecule has 6 heteroatoms. The van der Waals surface area contributed by atoms with E-state index in [4.69, 9.17) is 0 Å². The summed E-state index contributed by atoms with van der Waals surface area (Å²) >= 11 is 0. The van der Waals surface area contributed by atoms with Crippen LogP contribution in [0.3, 0.4) is 0 Å². The van der Waals surface area contributed by atoms with Crippen molar-refractivity contribution in [2.24, 2.45) is 0 Å². The molecule has 5 nitrogen and oxygen atoms in total. The summed E-state index contributed by atoms with van der Waals surface area (Å²) in [4.78, 5) is 17.4. The molecule has 1 aliphatic rings. The first-order chi connectivity index (χ1) is 13.0. The number of rotatable bonds is 3. The zero-order chi connectivity index (χ0) is 19.0. The molecular weight excluding hydrogens is 360 g/mol. The molecule has 0 bridgehead atoms. The van der Waals surface area contributed by atoms with E-state index in [1.54, 1.807) is 41.0 Å². The van der Waals surface area contributed by atoms with Crippen LogP contribution in [0.2, 0.25) is 0 Å². The Balaban J connectivity index is 2.14. The highest BCUT2D eigenvalue weighted by atomic mass is 32.2. The van der Waals surface area contributed by atoms with Gasteiger partial charge in [-0.15, -0.1) is 0 Å². The Bertz CT molecular complexity index is 1250. The van der Waals surface area contributed by atoms with Gasteiger partial charge in [-0.05, 0) is 50.1 Å². The number of sulfone groups is 1. The van der Waals surface area contributed by atoms with Gasteiger partial charge in [-0.2, -0.15) is 0 Å². The fourth-order valence-electron chi connectivity index (χ4n) is 3.20. The van der Waals surface area contributed by atoms with Gasteiger partial charge in [0, 0.05) is 17.4 Å². The van der Waals surface area contributed by atoms with Gasteiger partial charge in [0.25, 0.3) is 0 Å². The van der Waals surface area contributed by atoms with Crippen LogP contribution in [0.4, 0.5) is 0 Å². The summed E-state index contributed by atoms with van der Waals surface area (Å²) in [6.07, 6.45) is 6.60. The Hall–Kier alpha value is -2.99. The maximum atomic E-state index is 13.4. The Morgan fingerprint density at radius 1 is 1.04 bits per heavy atom. The number of fused-ring (bicyclic) bond motifs is 1. The molecule has 136 valence electrons. The molecule has 0 saturated carbocycles. The van der Waals surface area contributed by atoms with Gasteiger partial charge in [0.15, 0.2) is 5.43 Å². The van der Waals surface area contributed by atoms with Crippen molar-refractivity contribution < 1.29 is 8.42 Å². The predicted octanol–water partition coefficient (Wildman–Crippen LogP) is 3.70. The average Bonchev–Trinajstić information content (AvgIpc) is 2.69. The van der Waals surface area contributed by atoms with Crippen LogP contribution in [0.15, 0.2) is 81.5 Å². The summed E-state index contributed by atoms with van der Waals surface area (Å²) in [5, 5.41) is 0.318. The van der Waals surface area contributed by atoms with Crippen LogP contribution < -0.4 is 5.43 Å². The number of allylic oxidation sites excluding steroid dienone is 3. The summed E-state index contributed by atoms with van der Waals surface area (Å²) in [6.45, 7) is 1.81. The number of benzene rings is 1. The summed E-state index contributed by atoms with van der Waals surface area (Å²) < 4.78 is 28.3. The minimum Gasteiger partial charge on any atom is -0.289 e. The van der Waals surface area contributed by atoms with E-state index in [-0.39, 0.29) is 15.4 Å². The molecule has 27 heavy (non-hydrogen) atoms. The number of hydrogen-bond donors (Lipinski definition) is 0. The Kier molecular flexibility index (Phi) is 4.28. The molecule has 0 radical (unpaired) electrons. The van der Waals surface area contributed by atoms with Crippen LogP contribution in [0.1, 0.15) is 18.5 Å². The molecule has 2 heterocycles. The fourth-order valence-corrected chi connectivity index (χ4v) is 4.75. The molecule has 4 rings (SSSR count). The van der Waals surface area contributed by atoms with Crippen LogP contribution in [-0.2, 0) is 9.84 Å². The third-order valence-electron chi connectivity index (χ3n) is 4.53. The third kappa shape index (κ3) is 3.02. The number of hydrogen-bond acceptors (Lipinski definition) is 4. The van der Waals surface area contributed by atoms with Gasteiger partial charge in [0.05, 0.1) is 10.3 Å². The molecule has 0 fully saturated rings. The molecule has 1 aromatic carbocycles. The first-order valence-corrected chi connectivity index (χ1v) is 10.2. The van der Waals surface area contributed by atoms with E-state index in [2.05, 4.69) is 4.98 Å². The Labute approximate surface area is 157 Å². The molecule has 0 unspecified atom stereocenters. The van der Waals surface area contributed by atoms with E-state index in [9.17, 15) is 13.2 Å². The smallest absolute Gasteiger partial charge is 0.222 e. The number of pyridine rings is 2. The fraction of sp³-hybridized carbons (Fsp3) is 0.143. The highest BCUT2D eigenvalue weighted by molar-refractivity contribution is 7.95.